The third-order valence-corrected chi connectivity index (χ3v) is 4.16. The lowest BCUT2D eigenvalue weighted by molar-refractivity contribution is -0.130. The van der Waals surface area contributed by atoms with E-state index in [1.807, 2.05) is 24.3 Å². The fraction of sp³-hybridized carbons (Fsp3) is 0.438. The molecule has 0 fully saturated rings. The highest BCUT2D eigenvalue weighted by Crippen LogP contribution is 2.29. The zero-order chi connectivity index (χ0) is 16.4. The number of hydrogen-bond donors (Lipinski definition) is 2. The fourth-order valence-electron chi connectivity index (χ4n) is 2.79. The van der Waals surface area contributed by atoms with Gasteiger partial charge in [-0.2, -0.15) is 5.10 Å². The number of nitrogens with one attached hydrogen (secondary N) is 1. The van der Waals surface area contributed by atoms with Gasteiger partial charge in [0, 0.05) is 26.3 Å². The Bertz CT molecular complexity index is 673. The summed E-state index contributed by atoms with van der Waals surface area (Å²) in [5.74, 6) is 0.279. The predicted octanol–water partition coefficient (Wildman–Crippen LogP) is 0.0770. The second kappa shape index (κ2) is 6.00. The van der Waals surface area contributed by atoms with Crippen molar-refractivity contribution in [3.05, 3.63) is 29.8 Å². The molecule has 1 aromatic carbocycles. The molecule has 0 saturated carbocycles. The molecule has 1 atom stereocenters. The SMILES string of the molecule is CN1N=C(C(=O)NC2(CO)COc3ccccc3C2)CCC1=O. The number of hydrazone groups is 1. The second-order valence-electron chi connectivity index (χ2n) is 5.93. The van der Waals surface area contributed by atoms with Gasteiger partial charge in [-0.3, -0.25) is 9.59 Å². The largest absolute Gasteiger partial charge is 0.491 e. The van der Waals surface area contributed by atoms with Gasteiger partial charge in [0.15, 0.2) is 0 Å². The minimum Gasteiger partial charge on any atom is -0.491 e. The topological polar surface area (TPSA) is 91.2 Å². The molecule has 2 aliphatic heterocycles. The molecule has 122 valence electrons. The first-order chi connectivity index (χ1) is 11.0. The van der Waals surface area contributed by atoms with Gasteiger partial charge in [-0.05, 0) is 11.6 Å². The summed E-state index contributed by atoms with van der Waals surface area (Å²) in [6.45, 7) is -0.0522. The molecule has 2 heterocycles. The van der Waals surface area contributed by atoms with Gasteiger partial charge in [0.2, 0.25) is 5.91 Å². The average Bonchev–Trinajstić information content (AvgIpc) is 2.57. The Morgan fingerprint density at radius 2 is 2.22 bits per heavy atom. The van der Waals surface area contributed by atoms with Crippen molar-refractivity contribution in [2.24, 2.45) is 5.10 Å². The van der Waals surface area contributed by atoms with Crippen molar-refractivity contribution < 1.29 is 19.4 Å². The van der Waals surface area contributed by atoms with E-state index in [4.69, 9.17) is 4.74 Å². The molecule has 3 rings (SSSR count). The number of fused-ring (bicyclic) bond motifs is 1. The molecule has 0 aromatic heterocycles. The maximum absolute atomic E-state index is 12.4. The number of benzene rings is 1. The summed E-state index contributed by atoms with van der Waals surface area (Å²) < 4.78 is 5.68. The van der Waals surface area contributed by atoms with Gasteiger partial charge in [0.1, 0.15) is 23.6 Å². The zero-order valence-corrected chi connectivity index (χ0v) is 12.9. The van der Waals surface area contributed by atoms with E-state index in [1.165, 1.54) is 12.1 Å². The number of carbonyl (C=O) groups is 2. The molecule has 1 aromatic rings. The maximum atomic E-state index is 12.4. The summed E-state index contributed by atoms with van der Waals surface area (Å²) in [7, 11) is 1.52. The molecular formula is C16H19N3O4. The van der Waals surface area contributed by atoms with E-state index in [0.29, 0.717) is 18.6 Å². The van der Waals surface area contributed by atoms with Gasteiger partial charge in [-0.15, -0.1) is 0 Å². The van der Waals surface area contributed by atoms with Gasteiger partial charge in [0.05, 0.1) is 6.61 Å². The van der Waals surface area contributed by atoms with Crippen LogP contribution in [0.25, 0.3) is 0 Å². The van der Waals surface area contributed by atoms with E-state index in [1.54, 1.807) is 0 Å². The van der Waals surface area contributed by atoms with E-state index in [0.717, 1.165) is 11.3 Å². The summed E-state index contributed by atoms with van der Waals surface area (Å²) in [6, 6.07) is 7.55. The van der Waals surface area contributed by atoms with Crippen LogP contribution in [0.3, 0.4) is 0 Å². The molecule has 1 unspecified atom stereocenters. The summed E-state index contributed by atoms with van der Waals surface area (Å²) in [4.78, 5) is 23.9. The number of ether oxygens (including phenoxy) is 1. The molecule has 0 bridgehead atoms. The highest BCUT2D eigenvalue weighted by Gasteiger charge is 2.38. The smallest absolute Gasteiger partial charge is 0.268 e. The standard InChI is InChI=1S/C16H19N3O4/c1-19-14(21)7-6-12(18-19)15(22)17-16(9-20)8-11-4-2-3-5-13(11)23-10-16/h2-5,20H,6-10H2,1H3,(H,17,22). The van der Waals surface area contributed by atoms with E-state index >= 15 is 0 Å². The molecule has 7 nitrogen and oxygen atoms in total. The van der Waals surface area contributed by atoms with Crippen molar-refractivity contribution in [1.29, 1.82) is 0 Å². The molecule has 2 amide bonds. The maximum Gasteiger partial charge on any atom is 0.268 e. The van der Waals surface area contributed by atoms with E-state index < -0.39 is 5.54 Å². The van der Waals surface area contributed by atoms with Crippen LogP contribution >= 0.6 is 0 Å². The molecule has 0 spiro atoms. The lowest BCUT2D eigenvalue weighted by Gasteiger charge is -2.37. The van der Waals surface area contributed by atoms with Gasteiger partial charge in [-0.1, -0.05) is 18.2 Å². The van der Waals surface area contributed by atoms with Gasteiger partial charge in [0.25, 0.3) is 5.91 Å². The number of nitrogens with zero attached hydrogens (tertiary/aromatic N) is 2. The third-order valence-electron chi connectivity index (χ3n) is 4.16. The van der Waals surface area contributed by atoms with Crippen molar-refractivity contribution >= 4 is 17.5 Å². The number of amides is 2. The van der Waals surface area contributed by atoms with E-state index in [9.17, 15) is 14.7 Å². The highest BCUT2D eigenvalue weighted by atomic mass is 16.5. The molecule has 0 saturated heterocycles. The first-order valence-electron chi connectivity index (χ1n) is 7.51. The molecular weight excluding hydrogens is 298 g/mol. The summed E-state index contributed by atoms with van der Waals surface area (Å²) in [5, 5.41) is 17.8. The molecule has 0 aliphatic carbocycles. The van der Waals surface area contributed by atoms with E-state index in [2.05, 4.69) is 10.4 Å². The van der Waals surface area contributed by atoms with Crippen LogP contribution < -0.4 is 10.1 Å². The molecule has 23 heavy (non-hydrogen) atoms. The van der Waals surface area contributed by atoms with Crippen LogP contribution in [-0.2, 0) is 16.0 Å². The van der Waals surface area contributed by atoms with Gasteiger partial charge >= 0.3 is 0 Å². The van der Waals surface area contributed by atoms with Crippen LogP contribution in [-0.4, -0.2) is 53.4 Å². The van der Waals surface area contributed by atoms with Crippen LogP contribution in [0, 0.1) is 0 Å². The lowest BCUT2D eigenvalue weighted by atomic mass is 9.89. The van der Waals surface area contributed by atoms with Crippen LogP contribution in [0.2, 0.25) is 0 Å². The van der Waals surface area contributed by atoms with Crippen LogP contribution in [0.1, 0.15) is 18.4 Å². The van der Waals surface area contributed by atoms with Gasteiger partial charge < -0.3 is 15.2 Å². The fourth-order valence-corrected chi connectivity index (χ4v) is 2.79. The quantitative estimate of drug-likeness (QED) is 0.826. The van der Waals surface area contributed by atoms with Crippen LogP contribution in [0.4, 0.5) is 0 Å². The number of para-hydroxylation sites is 1. The highest BCUT2D eigenvalue weighted by molar-refractivity contribution is 6.39. The summed E-state index contributed by atoms with van der Waals surface area (Å²) in [6.07, 6.45) is 1.04. The third kappa shape index (κ3) is 3.05. The normalized spacial score (nSPS) is 23.7. The summed E-state index contributed by atoms with van der Waals surface area (Å²) >= 11 is 0. The first kappa shape index (κ1) is 15.5. The van der Waals surface area contributed by atoms with Crippen LogP contribution in [0.5, 0.6) is 5.75 Å². The minimum atomic E-state index is -0.881. The molecule has 2 N–H and O–H groups in total. The Labute approximate surface area is 133 Å². The van der Waals surface area contributed by atoms with E-state index in [-0.39, 0.29) is 31.4 Å². The Morgan fingerprint density at radius 1 is 1.43 bits per heavy atom. The monoisotopic (exact) mass is 317 g/mol. The van der Waals surface area contributed by atoms with Crippen molar-refractivity contribution in [3.8, 4) is 5.75 Å². The molecule has 2 aliphatic rings. The Kier molecular flexibility index (Phi) is 4.04. The van der Waals surface area contributed by atoms with Crippen molar-refractivity contribution in [1.82, 2.24) is 10.3 Å². The number of rotatable bonds is 3. The average molecular weight is 317 g/mol. The van der Waals surface area contributed by atoms with Crippen molar-refractivity contribution in [3.63, 3.8) is 0 Å². The number of carbonyl (C=O) groups excluding carboxylic acids is 2. The Balaban J connectivity index is 1.77. The lowest BCUT2D eigenvalue weighted by Crippen LogP contribution is -2.60. The molecule has 7 heteroatoms. The second-order valence-corrected chi connectivity index (χ2v) is 5.93. The number of aliphatic hydroxyl groups is 1. The predicted molar refractivity (Wildman–Crippen MR) is 83.0 cm³/mol. The Hall–Kier alpha value is -2.41. The number of hydrogen-bond acceptors (Lipinski definition) is 5. The van der Waals surface area contributed by atoms with Crippen LogP contribution in [0.15, 0.2) is 29.4 Å². The Morgan fingerprint density at radius 3 is 2.96 bits per heavy atom. The van der Waals surface area contributed by atoms with Crippen molar-refractivity contribution in [2.45, 2.75) is 24.8 Å². The molecule has 0 radical (unpaired) electrons. The first-order valence-corrected chi connectivity index (χ1v) is 7.51. The summed E-state index contributed by atoms with van der Waals surface area (Å²) in [5.41, 5.74) is 0.346. The minimum absolute atomic E-state index is 0.117. The van der Waals surface area contributed by atoms with Crippen molar-refractivity contribution in [2.75, 3.05) is 20.3 Å². The zero-order valence-electron chi connectivity index (χ0n) is 12.9. The van der Waals surface area contributed by atoms with Gasteiger partial charge in [-0.25, -0.2) is 5.01 Å². The number of aliphatic hydroxyl groups excluding tert-OH is 1.